The highest BCUT2D eigenvalue weighted by atomic mass is 32.2. The van der Waals surface area contributed by atoms with Crippen molar-refractivity contribution in [3.05, 3.63) is 24.3 Å². The summed E-state index contributed by atoms with van der Waals surface area (Å²) in [5.41, 5.74) is 0.759. The van der Waals surface area contributed by atoms with Crippen LogP contribution in [0.1, 0.15) is 26.7 Å². The van der Waals surface area contributed by atoms with Crippen molar-refractivity contribution in [1.82, 2.24) is 4.90 Å². The van der Waals surface area contributed by atoms with Gasteiger partial charge in [-0.05, 0) is 32.2 Å². The highest BCUT2D eigenvalue weighted by Crippen LogP contribution is 2.24. The number of aliphatic hydroxyl groups is 1. The van der Waals surface area contributed by atoms with Gasteiger partial charge in [0.1, 0.15) is 6.10 Å². The number of carbonyl (C=O) groups is 2. The monoisotopic (exact) mass is 366 g/mol. The lowest BCUT2D eigenvalue weighted by molar-refractivity contribution is -0.132. The predicted molar refractivity (Wildman–Crippen MR) is 98.7 cm³/mol. The molecule has 1 aromatic rings. The molecule has 2 N–H and O–H groups in total. The van der Waals surface area contributed by atoms with E-state index in [4.69, 9.17) is 4.74 Å². The zero-order valence-corrected chi connectivity index (χ0v) is 15.7. The molecule has 25 heavy (non-hydrogen) atoms. The first-order valence-corrected chi connectivity index (χ1v) is 9.67. The number of para-hydroxylation sites is 1. The fourth-order valence-electron chi connectivity index (χ4n) is 2.78. The molecule has 0 saturated carbocycles. The third-order valence-electron chi connectivity index (χ3n) is 3.98. The number of β-amino-alcohol motifs (C(OH)–C–C–N with tert-alkyl or cyclic N) is 1. The van der Waals surface area contributed by atoms with E-state index in [1.54, 1.807) is 16.7 Å². The minimum Gasteiger partial charge on any atom is -0.388 e. The van der Waals surface area contributed by atoms with Gasteiger partial charge in [0, 0.05) is 30.8 Å². The number of nitrogens with one attached hydrogen (secondary N) is 1. The fourth-order valence-corrected chi connectivity index (χ4v) is 3.34. The van der Waals surface area contributed by atoms with Crippen LogP contribution in [0.15, 0.2) is 29.2 Å². The quantitative estimate of drug-likeness (QED) is 0.723. The summed E-state index contributed by atoms with van der Waals surface area (Å²) in [5, 5.41) is 12.8. The Kier molecular flexibility index (Phi) is 7.28. The van der Waals surface area contributed by atoms with Gasteiger partial charge in [-0.25, -0.2) is 0 Å². The summed E-state index contributed by atoms with van der Waals surface area (Å²) in [7, 11) is 0. The maximum Gasteiger partial charge on any atom is 0.224 e. The number of carbonyl (C=O) groups excluding carboxylic acids is 2. The number of ether oxygens (including phenoxy) is 1. The minimum absolute atomic E-state index is 0.00279. The lowest BCUT2D eigenvalue weighted by Crippen LogP contribution is -2.31. The van der Waals surface area contributed by atoms with E-state index in [2.05, 4.69) is 5.32 Å². The molecule has 2 amide bonds. The van der Waals surface area contributed by atoms with E-state index < -0.39 is 6.10 Å². The molecule has 0 aliphatic carbocycles. The van der Waals surface area contributed by atoms with Crippen molar-refractivity contribution in [2.24, 2.45) is 0 Å². The highest BCUT2D eigenvalue weighted by Gasteiger charge is 2.35. The van der Waals surface area contributed by atoms with Crippen molar-refractivity contribution in [1.29, 1.82) is 0 Å². The van der Waals surface area contributed by atoms with Crippen LogP contribution in [0.25, 0.3) is 0 Å². The zero-order valence-electron chi connectivity index (χ0n) is 14.9. The molecule has 1 aromatic carbocycles. The molecule has 1 saturated heterocycles. The molecule has 2 atom stereocenters. The molecule has 0 radical (unpaired) electrons. The van der Waals surface area contributed by atoms with Gasteiger partial charge in [0.2, 0.25) is 11.8 Å². The lowest BCUT2D eigenvalue weighted by Gasteiger charge is -2.18. The van der Waals surface area contributed by atoms with Gasteiger partial charge in [0.25, 0.3) is 0 Å². The Morgan fingerprint density at radius 3 is 2.72 bits per heavy atom. The molecular weight excluding hydrogens is 340 g/mol. The van der Waals surface area contributed by atoms with Gasteiger partial charge < -0.3 is 20.1 Å². The van der Waals surface area contributed by atoms with Crippen molar-refractivity contribution < 1.29 is 19.4 Å². The summed E-state index contributed by atoms with van der Waals surface area (Å²) in [4.78, 5) is 26.9. The SMILES string of the molecule is CSc1ccccc1NC(=O)CCC(=O)N1C[C@@H](O)[C@H](OC(C)C)C1. The molecule has 0 unspecified atom stereocenters. The van der Waals surface area contributed by atoms with Crippen molar-refractivity contribution in [3.8, 4) is 0 Å². The third kappa shape index (κ3) is 5.73. The molecular formula is C18H26N2O4S. The molecule has 1 aliphatic rings. The second kappa shape index (κ2) is 9.22. The molecule has 7 heteroatoms. The number of amides is 2. The van der Waals surface area contributed by atoms with E-state index in [1.807, 2.05) is 44.4 Å². The van der Waals surface area contributed by atoms with Gasteiger partial charge >= 0.3 is 0 Å². The second-order valence-corrected chi connectivity index (χ2v) is 7.19. The van der Waals surface area contributed by atoms with Crippen molar-refractivity contribution in [2.75, 3.05) is 24.7 Å². The number of likely N-dealkylation sites (tertiary alicyclic amines) is 1. The second-order valence-electron chi connectivity index (χ2n) is 6.34. The van der Waals surface area contributed by atoms with E-state index in [-0.39, 0.29) is 43.4 Å². The molecule has 1 heterocycles. The first-order valence-electron chi connectivity index (χ1n) is 8.45. The number of nitrogens with zero attached hydrogens (tertiary/aromatic N) is 1. The molecule has 2 rings (SSSR count). The Labute approximate surface area is 152 Å². The fraction of sp³-hybridized carbons (Fsp3) is 0.556. The summed E-state index contributed by atoms with van der Waals surface area (Å²) in [5.74, 6) is -0.327. The number of rotatable bonds is 7. The van der Waals surface area contributed by atoms with E-state index in [1.165, 1.54) is 0 Å². The van der Waals surface area contributed by atoms with Crippen molar-refractivity contribution in [3.63, 3.8) is 0 Å². The molecule has 138 valence electrons. The third-order valence-corrected chi connectivity index (χ3v) is 4.78. The summed E-state index contributed by atoms with van der Waals surface area (Å²) in [6, 6.07) is 7.56. The maximum atomic E-state index is 12.3. The number of aliphatic hydroxyl groups excluding tert-OH is 1. The largest absolute Gasteiger partial charge is 0.388 e. The average Bonchev–Trinajstić information content (AvgIpc) is 2.93. The normalized spacial score (nSPS) is 20.1. The Morgan fingerprint density at radius 1 is 1.32 bits per heavy atom. The Hall–Kier alpha value is -1.57. The number of thioether (sulfide) groups is 1. The van der Waals surface area contributed by atoms with Gasteiger partial charge in [0.05, 0.1) is 17.9 Å². The summed E-state index contributed by atoms with van der Waals surface area (Å²) >= 11 is 1.56. The van der Waals surface area contributed by atoms with Crippen molar-refractivity contribution >= 4 is 29.3 Å². The van der Waals surface area contributed by atoms with Crippen LogP contribution in [-0.2, 0) is 14.3 Å². The van der Waals surface area contributed by atoms with Gasteiger partial charge in [0.15, 0.2) is 0 Å². The molecule has 1 aliphatic heterocycles. The van der Waals surface area contributed by atoms with Crippen LogP contribution < -0.4 is 5.32 Å². The van der Waals surface area contributed by atoms with Crippen LogP contribution in [0.2, 0.25) is 0 Å². The topological polar surface area (TPSA) is 78.9 Å². The minimum atomic E-state index is -0.673. The molecule has 6 nitrogen and oxygen atoms in total. The summed E-state index contributed by atoms with van der Waals surface area (Å²) in [6.07, 6.45) is 1.15. The highest BCUT2D eigenvalue weighted by molar-refractivity contribution is 7.98. The van der Waals surface area contributed by atoms with E-state index in [9.17, 15) is 14.7 Å². The van der Waals surface area contributed by atoms with E-state index in [0.29, 0.717) is 6.54 Å². The lowest BCUT2D eigenvalue weighted by atomic mass is 10.2. The molecule has 1 fully saturated rings. The standard InChI is InChI=1S/C18H26N2O4S/c1-12(2)24-15-11-20(10-14(15)21)18(23)9-8-17(22)19-13-6-4-5-7-16(13)25-3/h4-7,12,14-15,21H,8-11H2,1-3H3,(H,19,22)/t14-,15-/m1/s1. The van der Waals surface area contributed by atoms with Crippen LogP contribution in [0.5, 0.6) is 0 Å². The number of benzene rings is 1. The number of anilines is 1. The van der Waals surface area contributed by atoms with Gasteiger partial charge in [-0.2, -0.15) is 0 Å². The van der Waals surface area contributed by atoms with E-state index in [0.717, 1.165) is 10.6 Å². The van der Waals surface area contributed by atoms with Crippen LogP contribution in [-0.4, -0.2) is 59.5 Å². The van der Waals surface area contributed by atoms with Gasteiger partial charge in [-0.15, -0.1) is 11.8 Å². The predicted octanol–water partition coefficient (Wildman–Crippen LogP) is 2.12. The zero-order chi connectivity index (χ0) is 18.4. The number of hydrogen-bond acceptors (Lipinski definition) is 5. The maximum absolute atomic E-state index is 12.3. The molecule has 0 spiro atoms. The van der Waals surface area contributed by atoms with Gasteiger partial charge in [-0.1, -0.05) is 12.1 Å². The summed E-state index contributed by atoms with van der Waals surface area (Å²) < 4.78 is 5.61. The molecule has 0 bridgehead atoms. The van der Waals surface area contributed by atoms with Crippen LogP contribution in [0.4, 0.5) is 5.69 Å². The average molecular weight is 366 g/mol. The first-order chi connectivity index (χ1) is 11.9. The number of hydrogen-bond donors (Lipinski definition) is 2. The first kappa shape index (κ1) is 19.8. The van der Waals surface area contributed by atoms with E-state index >= 15 is 0 Å². The smallest absolute Gasteiger partial charge is 0.224 e. The Morgan fingerprint density at radius 2 is 2.04 bits per heavy atom. The Balaban J connectivity index is 1.81. The summed E-state index contributed by atoms with van der Waals surface area (Å²) in [6.45, 7) is 4.42. The van der Waals surface area contributed by atoms with Crippen molar-refractivity contribution in [2.45, 2.75) is 49.9 Å². The van der Waals surface area contributed by atoms with Crippen LogP contribution >= 0.6 is 11.8 Å². The van der Waals surface area contributed by atoms with Crippen LogP contribution in [0, 0.1) is 0 Å². The Bertz CT molecular complexity index is 608. The van der Waals surface area contributed by atoms with Crippen LogP contribution in [0.3, 0.4) is 0 Å². The molecule has 0 aromatic heterocycles. The van der Waals surface area contributed by atoms with Gasteiger partial charge in [-0.3, -0.25) is 9.59 Å².